The third-order valence-corrected chi connectivity index (χ3v) is 5.76. The number of hydrogen-bond acceptors (Lipinski definition) is 7. The second-order valence-electron chi connectivity index (χ2n) is 8.02. The Morgan fingerprint density at radius 1 is 1.25 bits per heavy atom. The largest absolute Gasteiger partial charge is 0.469 e. The van der Waals surface area contributed by atoms with Crippen molar-refractivity contribution in [3.05, 3.63) is 0 Å². The average Bonchev–Trinajstić information content (AvgIpc) is 3.09. The zero-order valence-electron chi connectivity index (χ0n) is 17.2. The summed E-state index contributed by atoms with van der Waals surface area (Å²) >= 11 is 0. The van der Waals surface area contributed by atoms with Crippen LogP contribution >= 0.6 is 0 Å². The van der Waals surface area contributed by atoms with Crippen molar-refractivity contribution < 1.29 is 33.3 Å². The first-order valence-corrected chi connectivity index (χ1v) is 10.4. The molecule has 2 fully saturated rings. The van der Waals surface area contributed by atoms with Gasteiger partial charge in [0, 0.05) is 25.4 Å². The van der Waals surface area contributed by atoms with Gasteiger partial charge < -0.3 is 23.7 Å². The van der Waals surface area contributed by atoms with Crippen molar-refractivity contribution in [3.63, 3.8) is 0 Å². The summed E-state index contributed by atoms with van der Waals surface area (Å²) in [6.45, 7) is 2.12. The molecule has 2 aliphatic rings. The Kier molecular flexibility index (Phi) is 9.38. The first kappa shape index (κ1) is 22.8. The number of rotatable bonds is 11. The summed E-state index contributed by atoms with van der Waals surface area (Å²) in [7, 11) is 1.36. The highest BCUT2D eigenvalue weighted by Gasteiger charge is 2.41. The summed E-state index contributed by atoms with van der Waals surface area (Å²) in [5.41, 5.74) is -0.430. The Hall–Kier alpha value is -1.47. The molecule has 0 bridgehead atoms. The van der Waals surface area contributed by atoms with Gasteiger partial charge in [0.25, 0.3) is 0 Å². The van der Waals surface area contributed by atoms with E-state index in [1.165, 1.54) is 14.0 Å². The number of esters is 2. The predicted octanol–water partition coefficient (Wildman–Crippen LogP) is 3.32. The lowest BCUT2D eigenvalue weighted by molar-refractivity contribution is -0.188. The molecule has 2 unspecified atom stereocenters. The molecule has 0 amide bonds. The third kappa shape index (κ3) is 7.51. The van der Waals surface area contributed by atoms with Crippen molar-refractivity contribution in [1.29, 1.82) is 0 Å². The molecule has 7 nitrogen and oxygen atoms in total. The fourth-order valence-corrected chi connectivity index (χ4v) is 4.17. The zero-order valence-corrected chi connectivity index (χ0v) is 17.2. The van der Waals surface area contributed by atoms with Gasteiger partial charge in [0.2, 0.25) is 0 Å². The van der Waals surface area contributed by atoms with Gasteiger partial charge in [-0.25, -0.2) is 0 Å². The van der Waals surface area contributed by atoms with E-state index in [0.717, 1.165) is 45.0 Å². The number of ether oxygens (including phenoxy) is 4. The fraction of sp³-hybridized carbons (Fsp3) is 0.857. The smallest absolute Gasteiger partial charge is 0.305 e. The van der Waals surface area contributed by atoms with Crippen LogP contribution in [0.2, 0.25) is 0 Å². The van der Waals surface area contributed by atoms with Crippen molar-refractivity contribution in [2.24, 2.45) is 5.41 Å². The van der Waals surface area contributed by atoms with E-state index in [2.05, 4.69) is 4.74 Å². The van der Waals surface area contributed by atoms with E-state index in [1.807, 2.05) is 0 Å². The molecule has 1 aliphatic carbocycles. The standard InChI is InChI=1S/C21H34O7/c1-16(23)27-17(6-5-7-19(24)25-2)9-11-21(15-22)12-10-18(14-21)28-20-8-3-4-13-26-20/h15,17-18,20H,3-14H2,1-2H3/t17?,18-,20?,21-/m0/s1. The monoisotopic (exact) mass is 398 g/mol. The van der Waals surface area contributed by atoms with Gasteiger partial charge in [-0.3, -0.25) is 9.59 Å². The van der Waals surface area contributed by atoms with Gasteiger partial charge in [-0.05, 0) is 64.2 Å². The van der Waals surface area contributed by atoms with E-state index in [-0.39, 0.29) is 30.4 Å². The Bertz CT molecular complexity index is 515. The van der Waals surface area contributed by atoms with Crippen molar-refractivity contribution in [2.45, 2.75) is 96.1 Å². The lowest BCUT2D eigenvalue weighted by atomic mass is 9.81. The van der Waals surface area contributed by atoms with Crippen LogP contribution in [0, 0.1) is 5.41 Å². The Labute approximate surface area is 167 Å². The van der Waals surface area contributed by atoms with Crippen molar-refractivity contribution >= 4 is 18.2 Å². The maximum Gasteiger partial charge on any atom is 0.305 e. The van der Waals surface area contributed by atoms with E-state index >= 15 is 0 Å². The summed E-state index contributed by atoms with van der Waals surface area (Å²) in [5.74, 6) is -0.614. The molecule has 28 heavy (non-hydrogen) atoms. The maximum atomic E-state index is 11.9. The minimum atomic E-state index is -0.430. The molecule has 160 valence electrons. The summed E-state index contributed by atoms with van der Waals surface area (Å²) in [4.78, 5) is 34.6. The highest BCUT2D eigenvalue weighted by molar-refractivity contribution is 5.69. The molecule has 0 aromatic heterocycles. The molecule has 4 atom stereocenters. The molecule has 0 radical (unpaired) electrons. The van der Waals surface area contributed by atoms with Crippen molar-refractivity contribution in [3.8, 4) is 0 Å². The van der Waals surface area contributed by atoms with Gasteiger partial charge in [-0.1, -0.05) is 0 Å². The molecule has 1 saturated heterocycles. The molecule has 7 heteroatoms. The van der Waals surface area contributed by atoms with Crippen molar-refractivity contribution in [2.75, 3.05) is 13.7 Å². The maximum absolute atomic E-state index is 11.9. The van der Waals surface area contributed by atoms with E-state index in [9.17, 15) is 14.4 Å². The van der Waals surface area contributed by atoms with E-state index in [4.69, 9.17) is 14.2 Å². The predicted molar refractivity (Wildman–Crippen MR) is 101 cm³/mol. The normalized spacial score (nSPS) is 28.5. The molecular weight excluding hydrogens is 364 g/mol. The van der Waals surface area contributed by atoms with Gasteiger partial charge in [0.15, 0.2) is 6.29 Å². The SMILES string of the molecule is COC(=O)CCCC(CC[C@]1(C=O)CC[C@H](OC2CCCCO2)C1)OC(C)=O. The van der Waals surface area contributed by atoms with E-state index in [1.54, 1.807) is 0 Å². The van der Waals surface area contributed by atoms with Crippen molar-refractivity contribution in [1.82, 2.24) is 0 Å². The lowest BCUT2D eigenvalue weighted by Gasteiger charge is -2.28. The third-order valence-electron chi connectivity index (χ3n) is 5.76. The van der Waals surface area contributed by atoms with Crippen LogP contribution in [0.5, 0.6) is 0 Å². The van der Waals surface area contributed by atoms with Crippen LogP contribution in [0.3, 0.4) is 0 Å². The quantitative estimate of drug-likeness (QED) is 0.390. The second-order valence-corrected chi connectivity index (χ2v) is 8.02. The number of aldehydes is 1. The van der Waals surface area contributed by atoms with Gasteiger partial charge in [-0.2, -0.15) is 0 Å². The van der Waals surface area contributed by atoms with E-state index in [0.29, 0.717) is 38.5 Å². The minimum absolute atomic E-state index is 0.0415. The van der Waals surface area contributed by atoms with Crippen LogP contribution in [0.25, 0.3) is 0 Å². The van der Waals surface area contributed by atoms with Crippen LogP contribution in [-0.4, -0.2) is 50.4 Å². The second kappa shape index (κ2) is 11.5. The highest BCUT2D eigenvalue weighted by Crippen LogP contribution is 2.43. The highest BCUT2D eigenvalue weighted by atomic mass is 16.7. The molecule has 1 saturated carbocycles. The fourth-order valence-electron chi connectivity index (χ4n) is 4.17. The topological polar surface area (TPSA) is 88.1 Å². The van der Waals surface area contributed by atoms with Crippen LogP contribution in [0.15, 0.2) is 0 Å². The van der Waals surface area contributed by atoms with Gasteiger partial charge in [0.1, 0.15) is 12.4 Å². The van der Waals surface area contributed by atoms with Crippen LogP contribution < -0.4 is 0 Å². The molecular formula is C21H34O7. The molecule has 0 N–H and O–H groups in total. The Morgan fingerprint density at radius 2 is 2.07 bits per heavy atom. The van der Waals surface area contributed by atoms with Crippen LogP contribution in [0.4, 0.5) is 0 Å². The van der Waals surface area contributed by atoms with Gasteiger partial charge in [-0.15, -0.1) is 0 Å². The van der Waals surface area contributed by atoms with Gasteiger partial charge >= 0.3 is 11.9 Å². The summed E-state index contributed by atoms with van der Waals surface area (Å²) in [6.07, 6.45) is 8.80. The summed E-state index contributed by atoms with van der Waals surface area (Å²) in [5, 5.41) is 0. The number of hydrogen-bond donors (Lipinski definition) is 0. The number of methoxy groups -OCH3 is 1. The minimum Gasteiger partial charge on any atom is -0.469 e. The molecule has 0 aromatic carbocycles. The molecule has 1 heterocycles. The van der Waals surface area contributed by atoms with Gasteiger partial charge in [0.05, 0.1) is 13.2 Å². The molecule has 2 rings (SSSR count). The molecule has 1 aliphatic heterocycles. The molecule has 0 spiro atoms. The first-order chi connectivity index (χ1) is 13.5. The number of carbonyl (C=O) groups excluding carboxylic acids is 3. The van der Waals surface area contributed by atoms with Crippen LogP contribution in [-0.2, 0) is 33.3 Å². The average molecular weight is 398 g/mol. The summed E-state index contributed by atoms with van der Waals surface area (Å²) in [6, 6.07) is 0. The summed E-state index contributed by atoms with van der Waals surface area (Å²) < 4.78 is 21.8. The lowest BCUT2D eigenvalue weighted by Crippen LogP contribution is -2.29. The number of carbonyl (C=O) groups is 3. The van der Waals surface area contributed by atoms with E-state index < -0.39 is 5.41 Å². The first-order valence-electron chi connectivity index (χ1n) is 10.4. The Morgan fingerprint density at radius 3 is 2.71 bits per heavy atom. The Balaban J connectivity index is 1.82. The zero-order chi connectivity index (χ0) is 20.4. The molecule has 0 aromatic rings. The van der Waals surface area contributed by atoms with Crippen LogP contribution in [0.1, 0.15) is 77.6 Å².